The van der Waals surface area contributed by atoms with E-state index >= 15 is 0 Å². The Balaban J connectivity index is 2.88. The second-order valence-electron chi connectivity index (χ2n) is 3.06. The molecule has 0 fully saturated rings. The van der Waals surface area contributed by atoms with Crippen molar-refractivity contribution in [1.29, 1.82) is 0 Å². The molecule has 0 saturated heterocycles. The highest BCUT2D eigenvalue weighted by Crippen LogP contribution is 2.25. The van der Waals surface area contributed by atoms with Gasteiger partial charge in [0.15, 0.2) is 13.6 Å². The Kier molecular flexibility index (Phi) is 5.25. The zero-order valence-electron chi connectivity index (χ0n) is 9.63. The minimum absolute atomic E-state index is 0.0337. The van der Waals surface area contributed by atoms with Gasteiger partial charge in [-0.2, -0.15) is 0 Å². The lowest BCUT2D eigenvalue weighted by Crippen LogP contribution is -2.06. The predicted octanol–water partition coefficient (Wildman–Crippen LogP) is 1.35. The van der Waals surface area contributed by atoms with Gasteiger partial charge in [0.05, 0.1) is 0 Å². The second-order valence-corrected chi connectivity index (χ2v) is 3.06. The van der Waals surface area contributed by atoms with Gasteiger partial charge in [0.25, 0.3) is 0 Å². The number of benzene rings is 1. The summed E-state index contributed by atoms with van der Waals surface area (Å²) in [6, 6.07) is 4.40. The highest BCUT2D eigenvalue weighted by atomic mass is 16.7. The molecular formula is C11H14O6. The number of carboxylic acids is 1. The first kappa shape index (κ1) is 13.3. The van der Waals surface area contributed by atoms with Crippen LogP contribution >= 0.6 is 0 Å². The number of hydrogen-bond donors (Lipinski definition) is 1. The molecule has 0 saturated carbocycles. The van der Waals surface area contributed by atoms with Gasteiger partial charge < -0.3 is 24.1 Å². The molecule has 1 aromatic carbocycles. The Hall–Kier alpha value is -1.79. The van der Waals surface area contributed by atoms with E-state index in [1.165, 1.54) is 32.4 Å². The summed E-state index contributed by atoms with van der Waals surface area (Å²) in [6.07, 6.45) is 0. The summed E-state index contributed by atoms with van der Waals surface area (Å²) in [7, 11) is 2.94. The summed E-state index contributed by atoms with van der Waals surface area (Å²) < 4.78 is 19.8. The van der Waals surface area contributed by atoms with Crippen LogP contribution in [0.3, 0.4) is 0 Å². The number of carboxylic acid groups (broad SMARTS) is 1. The topological polar surface area (TPSA) is 74.2 Å². The molecule has 6 heteroatoms. The molecular weight excluding hydrogens is 228 g/mol. The normalized spacial score (nSPS) is 10.0. The fourth-order valence-corrected chi connectivity index (χ4v) is 1.14. The minimum atomic E-state index is -1.07. The summed E-state index contributed by atoms with van der Waals surface area (Å²) in [4.78, 5) is 10.9. The lowest BCUT2D eigenvalue weighted by molar-refractivity contribution is 0.0445. The summed E-state index contributed by atoms with van der Waals surface area (Å²) in [5, 5.41) is 8.95. The molecule has 1 rings (SSSR count). The fourth-order valence-electron chi connectivity index (χ4n) is 1.14. The van der Waals surface area contributed by atoms with Gasteiger partial charge in [-0.3, -0.25) is 0 Å². The van der Waals surface area contributed by atoms with E-state index in [2.05, 4.69) is 0 Å². The van der Waals surface area contributed by atoms with Crippen LogP contribution in [0.15, 0.2) is 18.2 Å². The Bertz CT molecular complexity index is 376. The van der Waals surface area contributed by atoms with E-state index < -0.39 is 5.97 Å². The van der Waals surface area contributed by atoms with Crippen LogP contribution in [-0.4, -0.2) is 38.9 Å². The number of ether oxygens (including phenoxy) is 4. The average molecular weight is 242 g/mol. The third-order valence-electron chi connectivity index (χ3n) is 1.86. The highest BCUT2D eigenvalue weighted by Gasteiger charge is 2.12. The molecule has 0 spiro atoms. The maximum Gasteiger partial charge on any atom is 0.339 e. The smallest absolute Gasteiger partial charge is 0.339 e. The standard InChI is InChI=1S/C11H14O6/c1-14-6-16-8-3-4-9(11(12)13)10(5-8)17-7-15-2/h3-5H,6-7H2,1-2H3,(H,12,13). The molecule has 0 amide bonds. The molecule has 0 heterocycles. The third-order valence-corrected chi connectivity index (χ3v) is 1.86. The van der Waals surface area contributed by atoms with E-state index in [-0.39, 0.29) is 24.9 Å². The van der Waals surface area contributed by atoms with Crippen molar-refractivity contribution in [3.05, 3.63) is 23.8 Å². The SMILES string of the molecule is COCOc1ccc(C(=O)O)c(OCOC)c1. The van der Waals surface area contributed by atoms with Gasteiger partial charge >= 0.3 is 5.97 Å². The Labute approximate surface area is 98.7 Å². The Morgan fingerprint density at radius 2 is 1.82 bits per heavy atom. The third kappa shape index (κ3) is 3.93. The first-order valence-electron chi connectivity index (χ1n) is 4.80. The summed E-state index contributed by atoms with van der Waals surface area (Å²) in [5.41, 5.74) is 0.0480. The molecule has 0 radical (unpaired) electrons. The van der Waals surface area contributed by atoms with Gasteiger partial charge in [-0.1, -0.05) is 0 Å². The largest absolute Gasteiger partial charge is 0.478 e. The van der Waals surface area contributed by atoms with E-state index in [9.17, 15) is 4.79 Å². The van der Waals surface area contributed by atoms with Crippen LogP contribution in [0.25, 0.3) is 0 Å². The van der Waals surface area contributed by atoms with Crippen LogP contribution in [0.1, 0.15) is 10.4 Å². The molecule has 1 N–H and O–H groups in total. The number of methoxy groups -OCH3 is 2. The van der Waals surface area contributed by atoms with Gasteiger partial charge in [0.2, 0.25) is 0 Å². The van der Waals surface area contributed by atoms with E-state index in [1.807, 2.05) is 0 Å². The van der Waals surface area contributed by atoms with Gasteiger partial charge in [-0.25, -0.2) is 4.79 Å². The van der Waals surface area contributed by atoms with E-state index in [0.29, 0.717) is 5.75 Å². The number of aromatic carboxylic acids is 1. The number of hydrogen-bond acceptors (Lipinski definition) is 5. The maximum atomic E-state index is 10.9. The Morgan fingerprint density at radius 3 is 2.41 bits per heavy atom. The van der Waals surface area contributed by atoms with Crippen LogP contribution < -0.4 is 9.47 Å². The molecule has 6 nitrogen and oxygen atoms in total. The molecule has 94 valence electrons. The van der Waals surface area contributed by atoms with Crippen molar-refractivity contribution >= 4 is 5.97 Å². The molecule has 0 aliphatic rings. The monoisotopic (exact) mass is 242 g/mol. The zero-order chi connectivity index (χ0) is 12.7. The van der Waals surface area contributed by atoms with Gasteiger partial charge in [0.1, 0.15) is 17.1 Å². The van der Waals surface area contributed by atoms with Crippen molar-refractivity contribution in [2.45, 2.75) is 0 Å². The maximum absolute atomic E-state index is 10.9. The van der Waals surface area contributed by atoms with Crippen molar-refractivity contribution in [2.75, 3.05) is 27.8 Å². The second kappa shape index (κ2) is 6.72. The molecule has 17 heavy (non-hydrogen) atoms. The first-order chi connectivity index (χ1) is 8.19. The summed E-state index contributed by atoms with van der Waals surface area (Å²) >= 11 is 0. The summed E-state index contributed by atoms with van der Waals surface area (Å²) in [6.45, 7) is 0.0458. The Morgan fingerprint density at radius 1 is 1.18 bits per heavy atom. The van der Waals surface area contributed by atoms with Crippen LogP contribution in [0, 0.1) is 0 Å². The van der Waals surface area contributed by atoms with Crippen molar-refractivity contribution < 1.29 is 28.8 Å². The summed E-state index contributed by atoms with van der Waals surface area (Å²) in [5.74, 6) is -0.426. The predicted molar refractivity (Wildman–Crippen MR) is 58.4 cm³/mol. The first-order valence-corrected chi connectivity index (χ1v) is 4.80. The van der Waals surface area contributed by atoms with Crippen LogP contribution in [0.4, 0.5) is 0 Å². The molecule has 0 aliphatic carbocycles. The molecule has 0 atom stereocenters. The molecule has 0 aliphatic heterocycles. The average Bonchev–Trinajstić information content (AvgIpc) is 2.33. The number of carbonyl (C=O) groups is 1. The van der Waals surface area contributed by atoms with Crippen LogP contribution in [0.5, 0.6) is 11.5 Å². The fraction of sp³-hybridized carbons (Fsp3) is 0.364. The van der Waals surface area contributed by atoms with E-state index in [1.54, 1.807) is 0 Å². The van der Waals surface area contributed by atoms with Gasteiger partial charge in [-0.05, 0) is 12.1 Å². The molecule has 0 bridgehead atoms. The van der Waals surface area contributed by atoms with Crippen molar-refractivity contribution in [3.63, 3.8) is 0 Å². The van der Waals surface area contributed by atoms with Crippen LogP contribution in [-0.2, 0) is 9.47 Å². The van der Waals surface area contributed by atoms with Gasteiger partial charge in [0, 0.05) is 20.3 Å². The lowest BCUT2D eigenvalue weighted by atomic mass is 10.2. The lowest BCUT2D eigenvalue weighted by Gasteiger charge is -2.10. The molecule has 1 aromatic rings. The van der Waals surface area contributed by atoms with E-state index in [4.69, 9.17) is 24.1 Å². The van der Waals surface area contributed by atoms with Crippen molar-refractivity contribution in [3.8, 4) is 11.5 Å². The molecule has 0 aromatic heterocycles. The zero-order valence-corrected chi connectivity index (χ0v) is 9.63. The quantitative estimate of drug-likeness (QED) is 0.727. The van der Waals surface area contributed by atoms with Crippen molar-refractivity contribution in [1.82, 2.24) is 0 Å². The minimum Gasteiger partial charge on any atom is -0.478 e. The van der Waals surface area contributed by atoms with Crippen molar-refractivity contribution in [2.24, 2.45) is 0 Å². The highest BCUT2D eigenvalue weighted by molar-refractivity contribution is 5.91. The van der Waals surface area contributed by atoms with E-state index in [0.717, 1.165) is 0 Å². The van der Waals surface area contributed by atoms with Crippen LogP contribution in [0.2, 0.25) is 0 Å². The molecule has 0 unspecified atom stereocenters. The number of rotatable bonds is 7. The van der Waals surface area contributed by atoms with Gasteiger partial charge in [-0.15, -0.1) is 0 Å².